The third kappa shape index (κ3) is 5.54. The number of hydrogen-bond acceptors (Lipinski definition) is 8. The minimum Gasteiger partial charge on any atom is -0.382 e. The van der Waals surface area contributed by atoms with Gasteiger partial charge in [0.2, 0.25) is 0 Å². The van der Waals surface area contributed by atoms with Gasteiger partial charge in [-0.05, 0) is 36.5 Å². The van der Waals surface area contributed by atoms with E-state index >= 15 is 0 Å². The number of nitrogens with one attached hydrogen (secondary N) is 1. The number of aromatic nitrogens is 2. The van der Waals surface area contributed by atoms with E-state index < -0.39 is 19.0 Å². The smallest absolute Gasteiger partial charge is 0.190 e. The Balaban J connectivity index is 2.22. The first-order chi connectivity index (χ1) is 15.9. The van der Waals surface area contributed by atoms with Crippen molar-refractivity contribution in [3.63, 3.8) is 0 Å². The number of hydrogen-bond donors (Lipinski definition) is 2. The van der Waals surface area contributed by atoms with E-state index in [0.717, 1.165) is 11.3 Å². The second-order valence-electron chi connectivity index (χ2n) is 8.05. The molecule has 3 N–H and O–H groups in total. The Morgan fingerprint density at radius 2 is 1.85 bits per heavy atom. The minimum absolute atomic E-state index is 0.0176. The molecular weight excluding hydrogens is 445 g/mol. The molecule has 0 saturated heterocycles. The highest BCUT2D eigenvalue weighted by Crippen LogP contribution is 2.30. The van der Waals surface area contributed by atoms with Crippen LogP contribution in [0.15, 0.2) is 46.6 Å². The normalized spacial score (nSPS) is 28.6. The van der Waals surface area contributed by atoms with E-state index in [0.29, 0.717) is 17.4 Å². The molecule has 0 bridgehead atoms. The monoisotopic (exact) mass is 473 g/mol. The van der Waals surface area contributed by atoms with Crippen molar-refractivity contribution < 1.29 is 9.13 Å². The number of rotatable bonds is 6. The highest BCUT2D eigenvalue weighted by molar-refractivity contribution is 6.20. The molecule has 33 heavy (non-hydrogen) atoms. The summed E-state index contributed by atoms with van der Waals surface area (Å²) in [7, 11) is 0. The number of benzene rings is 1. The average molecular weight is 474 g/mol. The summed E-state index contributed by atoms with van der Waals surface area (Å²) in [6.45, 7) is 5.03. The molecule has 0 radical (unpaired) electrons. The Hall–Kier alpha value is -2.91. The lowest BCUT2D eigenvalue weighted by atomic mass is 9.80. The molecule has 10 heteroatoms. The van der Waals surface area contributed by atoms with Gasteiger partial charge in [-0.1, -0.05) is 26.0 Å². The van der Waals surface area contributed by atoms with Crippen LogP contribution in [0.4, 0.5) is 15.9 Å². The van der Waals surface area contributed by atoms with E-state index in [1.807, 2.05) is 45.0 Å². The molecule has 2 heterocycles. The summed E-state index contributed by atoms with van der Waals surface area (Å²) in [5.41, 5.74) is 8.27. The number of halogens is 2. The van der Waals surface area contributed by atoms with Crippen LogP contribution >= 0.6 is 11.6 Å². The van der Waals surface area contributed by atoms with E-state index in [1.54, 1.807) is 11.1 Å². The zero-order valence-corrected chi connectivity index (χ0v) is 19.7. The third-order valence-corrected chi connectivity index (χ3v) is 6.45. The van der Waals surface area contributed by atoms with Gasteiger partial charge in [-0.15, -0.1) is 11.6 Å². The number of aliphatic imine (C=N–C) groups is 2. The third-order valence-electron chi connectivity index (χ3n) is 6.14. The molecule has 1 aromatic heterocycles. The van der Waals surface area contributed by atoms with Crippen LogP contribution in [0.5, 0.6) is 0 Å². The van der Waals surface area contributed by atoms with Crippen molar-refractivity contribution in [3.05, 3.63) is 47.9 Å². The van der Waals surface area contributed by atoms with Gasteiger partial charge in [0.1, 0.15) is 5.69 Å². The maximum Gasteiger partial charge on any atom is 0.190 e. The summed E-state index contributed by atoms with van der Waals surface area (Å²) in [6.07, 6.45) is 4.99. The predicted molar refractivity (Wildman–Crippen MR) is 131 cm³/mol. The van der Waals surface area contributed by atoms with Gasteiger partial charge < -0.3 is 15.9 Å². The molecule has 0 saturated carbocycles. The van der Waals surface area contributed by atoms with Crippen molar-refractivity contribution in [2.24, 2.45) is 27.7 Å². The van der Waals surface area contributed by atoms with Crippen molar-refractivity contribution in [1.82, 2.24) is 9.97 Å². The van der Waals surface area contributed by atoms with Crippen molar-refractivity contribution in [2.45, 2.75) is 38.9 Å². The predicted octanol–water partition coefficient (Wildman–Crippen LogP) is 4.29. The standard InChI is InChI=1S/C23H29ClFN7O/c1-14-15(2)19(11-26)23(33-12-25)30-13-32(18-6-4-17(10-24)5-7-18)22(31-16(14)3)20-21(27)29-9-8-28-20/h4-9,11,13-16,19,23,26H,10,12H2,1-3H3,(H2,27,29)/b26-11?,30-13+,31-22-/t14-,15-,16+,19+,23?/m1/s1. The second-order valence-corrected chi connectivity index (χ2v) is 8.31. The molecule has 3 rings (SSSR count). The van der Waals surface area contributed by atoms with Crippen LogP contribution in [0, 0.1) is 23.2 Å². The lowest BCUT2D eigenvalue weighted by Crippen LogP contribution is -2.40. The Labute approximate surface area is 198 Å². The molecule has 176 valence electrons. The van der Waals surface area contributed by atoms with Gasteiger partial charge in [0.15, 0.2) is 24.7 Å². The lowest BCUT2D eigenvalue weighted by Gasteiger charge is -2.34. The molecule has 0 aliphatic carbocycles. The number of amidine groups is 1. The highest BCUT2D eigenvalue weighted by Gasteiger charge is 2.33. The van der Waals surface area contributed by atoms with Gasteiger partial charge in [0.05, 0.1) is 12.4 Å². The maximum absolute atomic E-state index is 13.2. The van der Waals surface area contributed by atoms with Gasteiger partial charge >= 0.3 is 0 Å². The van der Waals surface area contributed by atoms with Crippen molar-refractivity contribution in [3.8, 4) is 0 Å². The van der Waals surface area contributed by atoms with E-state index in [2.05, 4.69) is 15.0 Å². The molecule has 1 aliphatic rings. The number of alkyl halides is 2. The Morgan fingerprint density at radius 3 is 2.45 bits per heavy atom. The van der Waals surface area contributed by atoms with E-state index in [-0.39, 0.29) is 23.7 Å². The van der Waals surface area contributed by atoms with Gasteiger partial charge in [0, 0.05) is 36.1 Å². The van der Waals surface area contributed by atoms with Crippen LogP contribution in [-0.2, 0) is 10.6 Å². The first-order valence-electron chi connectivity index (χ1n) is 10.7. The van der Waals surface area contributed by atoms with Crippen LogP contribution in [-0.4, -0.2) is 47.5 Å². The van der Waals surface area contributed by atoms with Crippen LogP contribution in [0.3, 0.4) is 0 Å². The SMILES string of the molecule is C[C@@H]1[C@@H](C)[C@H](C=N)C(OCF)/N=C/N(c2ccc(CCl)cc2)/C(c2nccnc2N)=N\[C@H]1C. The summed E-state index contributed by atoms with van der Waals surface area (Å²) in [5, 5.41) is 7.95. The summed E-state index contributed by atoms with van der Waals surface area (Å²) >= 11 is 5.96. The quantitative estimate of drug-likeness (QED) is 0.480. The fourth-order valence-corrected chi connectivity index (χ4v) is 3.97. The van der Waals surface area contributed by atoms with Gasteiger partial charge in [-0.3, -0.25) is 9.89 Å². The number of nitrogens with zero attached hydrogens (tertiary/aromatic N) is 5. The number of ether oxygens (including phenoxy) is 1. The topological polar surface area (TPSA) is 113 Å². The number of nitrogen functional groups attached to an aromatic ring is 1. The zero-order valence-electron chi connectivity index (χ0n) is 18.9. The first-order valence-corrected chi connectivity index (χ1v) is 11.2. The van der Waals surface area contributed by atoms with Crippen LogP contribution in [0.1, 0.15) is 32.0 Å². The summed E-state index contributed by atoms with van der Waals surface area (Å²) < 4.78 is 18.6. The number of anilines is 2. The lowest BCUT2D eigenvalue weighted by molar-refractivity contribution is -0.0297. The van der Waals surface area contributed by atoms with Crippen molar-refractivity contribution >= 4 is 41.5 Å². The molecule has 1 unspecified atom stereocenters. The molecule has 8 nitrogen and oxygen atoms in total. The summed E-state index contributed by atoms with van der Waals surface area (Å²) in [6, 6.07) is 7.38. The van der Waals surface area contributed by atoms with Gasteiger partial charge in [-0.2, -0.15) is 0 Å². The molecular formula is C23H29ClFN7O. The number of nitrogens with two attached hydrogens (primary N) is 1. The average Bonchev–Trinajstić information content (AvgIpc) is 2.83. The summed E-state index contributed by atoms with van der Waals surface area (Å²) in [4.78, 5) is 19.9. The molecule has 2 aromatic rings. The fourth-order valence-electron chi connectivity index (χ4n) is 3.79. The van der Waals surface area contributed by atoms with E-state index in [1.165, 1.54) is 18.7 Å². The Bertz CT molecular complexity index is 1000. The largest absolute Gasteiger partial charge is 0.382 e. The van der Waals surface area contributed by atoms with Crippen LogP contribution < -0.4 is 10.6 Å². The van der Waals surface area contributed by atoms with Crippen molar-refractivity contribution in [1.29, 1.82) is 5.41 Å². The molecule has 5 atom stereocenters. The zero-order chi connectivity index (χ0) is 24.0. The fraction of sp³-hybridized carbons (Fsp3) is 0.435. The maximum atomic E-state index is 13.2. The molecule has 0 amide bonds. The van der Waals surface area contributed by atoms with Crippen LogP contribution in [0.2, 0.25) is 0 Å². The van der Waals surface area contributed by atoms with E-state index in [4.69, 9.17) is 32.5 Å². The van der Waals surface area contributed by atoms with Gasteiger partial charge in [0.25, 0.3) is 0 Å². The highest BCUT2D eigenvalue weighted by atomic mass is 35.5. The Kier molecular flexibility index (Phi) is 8.46. The van der Waals surface area contributed by atoms with E-state index in [9.17, 15) is 4.39 Å². The minimum atomic E-state index is -1.01. The molecule has 1 aromatic carbocycles. The first kappa shape index (κ1) is 24.7. The molecule has 0 fully saturated rings. The molecule has 0 spiro atoms. The van der Waals surface area contributed by atoms with Gasteiger partial charge in [-0.25, -0.2) is 19.4 Å². The van der Waals surface area contributed by atoms with Crippen molar-refractivity contribution in [2.75, 3.05) is 17.5 Å². The Morgan fingerprint density at radius 1 is 1.15 bits per heavy atom. The molecule has 1 aliphatic heterocycles. The summed E-state index contributed by atoms with van der Waals surface area (Å²) in [5.74, 6) is 0.613. The second kappa shape index (κ2) is 11.3. The van der Waals surface area contributed by atoms with Crippen LogP contribution in [0.25, 0.3) is 0 Å².